The summed E-state index contributed by atoms with van der Waals surface area (Å²) < 4.78 is 10.5. The maximum Gasteiger partial charge on any atom is 0.410 e. The number of carbonyl (C=O) groups is 1. The molecule has 1 amide bonds. The highest BCUT2D eigenvalue weighted by Gasteiger charge is 2.29. The Morgan fingerprint density at radius 2 is 2.16 bits per heavy atom. The van der Waals surface area contributed by atoms with Crippen molar-refractivity contribution in [1.82, 2.24) is 4.90 Å². The van der Waals surface area contributed by atoms with Gasteiger partial charge in [0.1, 0.15) is 6.61 Å². The molecule has 5 nitrogen and oxygen atoms in total. The third-order valence-corrected chi connectivity index (χ3v) is 3.36. The van der Waals surface area contributed by atoms with Gasteiger partial charge in [-0.1, -0.05) is 30.3 Å². The van der Waals surface area contributed by atoms with Gasteiger partial charge >= 0.3 is 6.09 Å². The lowest BCUT2D eigenvalue weighted by Crippen LogP contribution is -2.53. The standard InChI is InChI=1S/C14H20N2O3/c1-18-13-7-8-16(9-12(13)15)14(17)19-10-11-5-3-2-4-6-11/h2-6,12-13H,7-10,15H2,1H3/t12-,13+/m0/s1. The van der Waals surface area contributed by atoms with Crippen LogP contribution in [-0.2, 0) is 16.1 Å². The van der Waals surface area contributed by atoms with E-state index in [1.165, 1.54) is 0 Å². The Morgan fingerprint density at radius 1 is 1.42 bits per heavy atom. The highest BCUT2D eigenvalue weighted by Crippen LogP contribution is 2.13. The van der Waals surface area contributed by atoms with E-state index >= 15 is 0 Å². The molecule has 0 spiro atoms. The number of piperidine rings is 1. The Morgan fingerprint density at radius 3 is 2.79 bits per heavy atom. The second-order valence-electron chi connectivity index (χ2n) is 4.71. The maximum atomic E-state index is 11.9. The van der Waals surface area contributed by atoms with Gasteiger partial charge in [0.25, 0.3) is 0 Å². The van der Waals surface area contributed by atoms with Gasteiger partial charge in [-0.05, 0) is 12.0 Å². The summed E-state index contributed by atoms with van der Waals surface area (Å²) in [5.74, 6) is 0. The molecule has 104 valence electrons. The molecular weight excluding hydrogens is 244 g/mol. The molecule has 2 atom stereocenters. The van der Waals surface area contributed by atoms with Crippen LogP contribution in [-0.4, -0.2) is 43.3 Å². The number of benzene rings is 1. The average molecular weight is 264 g/mol. The van der Waals surface area contributed by atoms with Gasteiger partial charge < -0.3 is 20.1 Å². The first-order chi connectivity index (χ1) is 9.20. The minimum absolute atomic E-state index is 0.0261. The van der Waals surface area contributed by atoms with Crippen molar-refractivity contribution < 1.29 is 14.3 Å². The van der Waals surface area contributed by atoms with Crippen LogP contribution in [0.25, 0.3) is 0 Å². The van der Waals surface area contributed by atoms with E-state index in [0.717, 1.165) is 12.0 Å². The molecule has 1 aromatic rings. The van der Waals surface area contributed by atoms with E-state index in [2.05, 4.69) is 0 Å². The lowest BCUT2D eigenvalue weighted by Gasteiger charge is -2.35. The van der Waals surface area contributed by atoms with E-state index in [9.17, 15) is 4.79 Å². The zero-order valence-electron chi connectivity index (χ0n) is 11.1. The molecule has 2 rings (SSSR count). The minimum Gasteiger partial charge on any atom is -0.445 e. The lowest BCUT2D eigenvalue weighted by atomic mass is 10.0. The van der Waals surface area contributed by atoms with Gasteiger partial charge in [-0.2, -0.15) is 0 Å². The molecular formula is C14H20N2O3. The van der Waals surface area contributed by atoms with Crippen molar-refractivity contribution in [1.29, 1.82) is 0 Å². The Kier molecular flexibility index (Phi) is 4.76. The molecule has 0 bridgehead atoms. The molecule has 19 heavy (non-hydrogen) atoms. The molecule has 2 N–H and O–H groups in total. The molecule has 1 aliphatic heterocycles. The predicted octanol–water partition coefficient (Wildman–Crippen LogP) is 1.37. The Bertz CT molecular complexity index is 410. The lowest BCUT2D eigenvalue weighted by molar-refractivity contribution is 0.0183. The van der Waals surface area contributed by atoms with Crippen molar-refractivity contribution in [3.05, 3.63) is 35.9 Å². The monoisotopic (exact) mass is 264 g/mol. The minimum atomic E-state index is -0.311. The number of nitrogens with two attached hydrogens (primary N) is 1. The van der Waals surface area contributed by atoms with Crippen LogP contribution in [0.3, 0.4) is 0 Å². The van der Waals surface area contributed by atoms with E-state index in [0.29, 0.717) is 19.7 Å². The first kappa shape index (κ1) is 13.8. The summed E-state index contributed by atoms with van der Waals surface area (Å²) in [7, 11) is 1.65. The third-order valence-electron chi connectivity index (χ3n) is 3.36. The van der Waals surface area contributed by atoms with Gasteiger partial charge in [0.15, 0.2) is 0 Å². The quantitative estimate of drug-likeness (QED) is 0.895. The number of carbonyl (C=O) groups excluding carboxylic acids is 1. The summed E-state index contributed by atoms with van der Waals surface area (Å²) in [4.78, 5) is 13.6. The van der Waals surface area contributed by atoms with Crippen LogP contribution in [0.15, 0.2) is 30.3 Å². The molecule has 0 aliphatic carbocycles. The summed E-state index contributed by atoms with van der Waals surface area (Å²) in [6.07, 6.45) is 0.463. The molecule has 1 heterocycles. The van der Waals surface area contributed by atoms with E-state index in [1.807, 2.05) is 30.3 Å². The number of amides is 1. The summed E-state index contributed by atoms with van der Waals surface area (Å²) in [6.45, 7) is 1.39. The summed E-state index contributed by atoms with van der Waals surface area (Å²) in [5.41, 5.74) is 6.93. The number of nitrogens with zero attached hydrogens (tertiary/aromatic N) is 1. The van der Waals surface area contributed by atoms with Gasteiger partial charge in [0.2, 0.25) is 0 Å². The second kappa shape index (κ2) is 6.54. The first-order valence-corrected chi connectivity index (χ1v) is 6.44. The van der Waals surface area contributed by atoms with E-state index in [4.69, 9.17) is 15.2 Å². The van der Waals surface area contributed by atoms with E-state index in [-0.39, 0.29) is 18.2 Å². The van der Waals surface area contributed by atoms with Crippen LogP contribution in [0.2, 0.25) is 0 Å². The van der Waals surface area contributed by atoms with Gasteiger partial charge in [-0.15, -0.1) is 0 Å². The van der Waals surface area contributed by atoms with Gasteiger partial charge in [-0.3, -0.25) is 0 Å². The van der Waals surface area contributed by atoms with Crippen LogP contribution >= 0.6 is 0 Å². The smallest absolute Gasteiger partial charge is 0.410 e. The zero-order valence-corrected chi connectivity index (χ0v) is 11.1. The van der Waals surface area contributed by atoms with Crippen LogP contribution in [0, 0.1) is 0 Å². The molecule has 5 heteroatoms. The molecule has 1 fully saturated rings. The van der Waals surface area contributed by atoms with Crippen molar-refractivity contribution in [3.8, 4) is 0 Å². The Labute approximate surface area is 113 Å². The molecule has 0 unspecified atom stereocenters. The fourth-order valence-electron chi connectivity index (χ4n) is 2.23. The van der Waals surface area contributed by atoms with E-state index in [1.54, 1.807) is 12.0 Å². The summed E-state index contributed by atoms with van der Waals surface area (Å²) >= 11 is 0. The predicted molar refractivity (Wildman–Crippen MR) is 71.6 cm³/mol. The number of methoxy groups -OCH3 is 1. The largest absolute Gasteiger partial charge is 0.445 e. The summed E-state index contributed by atoms with van der Waals surface area (Å²) in [5, 5.41) is 0. The second-order valence-corrected chi connectivity index (χ2v) is 4.71. The molecule has 1 aliphatic rings. The molecule has 0 radical (unpaired) electrons. The number of hydrogen-bond donors (Lipinski definition) is 1. The number of ether oxygens (including phenoxy) is 2. The maximum absolute atomic E-state index is 11.9. The number of rotatable bonds is 3. The molecule has 1 saturated heterocycles. The van der Waals surface area contributed by atoms with Crippen molar-refractivity contribution in [2.24, 2.45) is 5.73 Å². The highest BCUT2D eigenvalue weighted by atomic mass is 16.6. The van der Waals surface area contributed by atoms with E-state index < -0.39 is 0 Å². The van der Waals surface area contributed by atoms with Gasteiger partial charge in [0, 0.05) is 26.2 Å². The fraction of sp³-hybridized carbons (Fsp3) is 0.500. The van der Waals surface area contributed by atoms with Crippen LogP contribution in [0.5, 0.6) is 0 Å². The average Bonchev–Trinajstić information content (AvgIpc) is 2.45. The SMILES string of the molecule is CO[C@@H]1CCN(C(=O)OCc2ccccc2)C[C@@H]1N. The normalized spacial score (nSPS) is 23.2. The van der Waals surface area contributed by atoms with Crippen molar-refractivity contribution >= 4 is 6.09 Å². The zero-order chi connectivity index (χ0) is 13.7. The van der Waals surface area contributed by atoms with Crippen LogP contribution in [0.4, 0.5) is 4.79 Å². The third kappa shape index (κ3) is 3.68. The number of likely N-dealkylation sites (tertiary alicyclic amines) is 1. The number of hydrogen-bond acceptors (Lipinski definition) is 4. The van der Waals surface area contributed by atoms with Gasteiger partial charge in [-0.25, -0.2) is 4.79 Å². The Hall–Kier alpha value is -1.59. The Balaban J connectivity index is 1.81. The van der Waals surface area contributed by atoms with Crippen LogP contribution in [0.1, 0.15) is 12.0 Å². The molecule has 0 aromatic heterocycles. The topological polar surface area (TPSA) is 64.8 Å². The van der Waals surface area contributed by atoms with Crippen molar-refractivity contribution in [2.75, 3.05) is 20.2 Å². The highest BCUT2D eigenvalue weighted by molar-refractivity contribution is 5.67. The molecule has 1 aromatic carbocycles. The van der Waals surface area contributed by atoms with Crippen LogP contribution < -0.4 is 5.73 Å². The van der Waals surface area contributed by atoms with Crippen molar-refractivity contribution in [3.63, 3.8) is 0 Å². The summed E-state index contributed by atoms with van der Waals surface area (Å²) in [6, 6.07) is 9.47. The fourth-order valence-corrected chi connectivity index (χ4v) is 2.23. The molecule has 0 saturated carbocycles. The first-order valence-electron chi connectivity index (χ1n) is 6.44. The van der Waals surface area contributed by atoms with Gasteiger partial charge in [0.05, 0.1) is 6.10 Å². The van der Waals surface area contributed by atoms with Crippen molar-refractivity contribution in [2.45, 2.75) is 25.2 Å².